The highest BCUT2D eigenvalue weighted by atomic mass is 16.5. The molecule has 0 atom stereocenters. The van der Waals surface area contributed by atoms with Crippen LogP contribution in [-0.4, -0.2) is 30.7 Å². The first-order valence-electron chi connectivity index (χ1n) is 3.75. The van der Waals surface area contributed by atoms with Gasteiger partial charge in [0.2, 0.25) is 5.91 Å². The van der Waals surface area contributed by atoms with E-state index in [1.807, 2.05) is 13.8 Å². The molecule has 0 bridgehead atoms. The van der Waals surface area contributed by atoms with Gasteiger partial charge in [0.05, 0.1) is 0 Å². The van der Waals surface area contributed by atoms with Crippen molar-refractivity contribution >= 4 is 5.91 Å². The maximum atomic E-state index is 11.0. The molecule has 64 valence electrons. The van der Waals surface area contributed by atoms with Crippen molar-refractivity contribution in [1.29, 1.82) is 0 Å². The van der Waals surface area contributed by atoms with Crippen LogP contribution >= 0.6 is 0 Å². The van der Waals surface area contributed by atoms with Crippen molar-refractivity contribution in [3.05, 3.63) is 12.7 Å². The van der Waals surface area contributed by atoms with Crippen LogP contribution in [0.2, 0.25) is 0 Å². The molecule has 0 saturated heterocycles. The van der Waals surface area contributed by atoms with E-state index in [4.69, 9.17) is 4.74 Å². The molecule has 0 aromatic rings. The van der Waals surface area contributed by atoms with Crippen LogP contribution in [0.15, 0.2) is 12.7 Å². The Hall–Kier alpha value is -0.830. The quantitative estimate of drug-likeness (QED) is 0.440. The lowest BCUT2D eigenvalue weighted by atomic mass is 10.5. The lowest BCUT2D eigenvalue weighted by Crippen LogP contribution is -2.31. The van der Waals surface area contributed by atoms with Crippen LogP contribution in [0.5, 0.6) is 0 Å². The fourth-order valence-corrected chi connectivity index (χ4v) is 0.641. The predicted octanol–water partition coefficient (Wildman–Crippen LogP) is 1.01. The van der Waals surface area contributed by atoms with Crippen molar-refractivity contribution in [2.75, 3.05) is 19.9 Å². The van der Waals surface area contributed by atoms with Gasteiger partial charge in [-0.1, -0.05) is 6.58 Å². The number of nitrogens with zero attached hydrogens (tertiary/aromatic N) is 1. The summed E-state index contributed by atoms with van der Waals surface area (Å²) in [5.41, 5.74) is 0. The Labute approximate surface area is 67.6 Å². The third-order valence-electron chi connectivity index (χ3n) is 1.32. The Kier molecular flexibility index (Phi) is 5.47. The van der Waals surface area contributed by atoms with E-state index in [2.05, 4.69) is 6.58 Å². The van der Waals surface area contributed by atoms with Crippen molar-refractivity contribution in [1.82, 2.24) is 4.90 Å². The first-order chi connectivity index (χ1) is 5.26. The van der Waals surface area contributed by atoms with Gasteiger partial charge in [-0.25, -0.2) is 0 Å². The third kappa shape index (κ3) is 3.78. The lowest BCUT2D eigenvalue weighted by Gasteiger charge is -2.17. The molecule has 0 unspecified atom stereocenters. The van der Waals surface area contributed by atoms with Crippen LogP contribution in [0.1, 0.15) is 13.8 Å². The predicted molar refractivity (Wildman–Crippen MR) is 44.1 cm³/mol. The smallest absolute Gasteiger partial charge is 0.247 e. The summed E-state index contributed by atoms with van der Waals surface area (Å²) in [6.07, 6.45) is 1.29. The van der Waals surface area contributed by atoms with Crippen LogP contribution in [0, 0.1) is 0 Å². The highest BCUT2D eigenvalue weighted by molar-refractivity contribution is 5.86. The Morgan fingerprint density at radius 2 is 2.27 bits per heavy atom. The van der Waals surface area contributed by atoms with Crippen LogP contribution in [0.25, 0.3) is 0 Å². The molecule has 0 fully saturated rings. The van der Waals surface area contributed by atoms with E-state index in [1.54, 1.807) is 4.90 Å². The summed E-state index contributed by atoms with van der Waals surface area (Å²) in [5.74, 6) is -0.0825. The largest absolute Gasteiger partial charge is 0.361 e. The van der Waals surface area contributed by atoms with Crippen LogP contribution < -0.4 is 0 Å². The van der Waals surface area contributed by atoms with Gasteiger partial charge in [-0.15, -0.1) is 0 Å². The summed E-state index contributed by atoms with van der Waals surface area (Å²) in [5, 5.41) is 0. The van der Waals surface area contributed by atoms with Crippen molar-refractivity contribution in [3.8, 4) is 0 Å². The average molecular weight is 157 g/mol. The molecule has 0 heterocycles. The second kappa shape index (κ2) is 5.92. The van der Waals surface area contributed by atoms with E-state index < -0.39 is 0 Å². The topological polar surface area (TPSA) is 29.5 Å². The van der Waals surface area contributed by atoms with Crippen LogP contribution in [-0.2, 0) is 9.53 Å². The highest BCUT2D eigenvalue weighted by Gasteiger charge is 2.05. The maximum Gasteiger partial charge on any atom is 0.247 e. The van der Waals surface area contributed by atoms with Gasteiger partial charge in [0, 0.05) is 13.2 Å². The Morgan fingerprint density at radius 3 is 2.64 bits per heavy atom. The Morgan fingerprint density at radius 1 is 1.64 bits per heavy atom. The number of carbonyl (C=O) groups is 1. The molecule has 0 aromatic heterocycles. The fourth-order valence-electron chi connectivity index (χ4n) is 0.641. The molecule has 0 spiro atoms. The molecule has 0 aliphatic rings. The molecule has 0 aromatic carbocycles. The zero-order chi connectivity index (χ0) is 8.69. The standard InChI is InChI=1S/C8H15NO2/c1-4-8(10)9(5-2)7-11-6-3/h4H,1,5-7H2,2-3H3. The van der Waals surface area contributed by atoms with E-state index in [1.165, 1.54) is 6.08 Å². The molecule has 11 heavy (non-hydrogen) atoms. The lowest BCUT2D eigenvalue weighted by molar-refractivity contribution is -0.130. The normalized spacial score (nSPS) is 9.27. The van der Waals surface area contributed by atoms with Gasteiger partial charge in [-0.3, -0.25) is 4.79 Å². The van der Waals surface area contributed by atoms with Gasteiger partial charge in [0.1, 0.15) is 6.73 Å². The minimum Gasteiger partial charge on any atom is -0.361 e. The molecular weight excluding hydrogens is 142 g/mol. The molecule has 0 saturated carbocycles. The zero-order valence-electron chi connectivity index (χ0n) is 7.17. The molecule has 0 rings (SSSR count). The van der Waals surface area contributed by atoms with Crippen molar-refractivity contribution in [2.24, 2.45) is 0 Å². The van der Waals surface area contributed by atoms with Crippen molar-refractivity contribution in [3.63, 3.8) is 0 Å². The van der Waals surface area contributed by atoms with Crippen molar-refractivity contribution in [2.45, 2.75) is 13.8 Å². The van der Waals surface area contributed by atoms with E-state index in [0.29, 0.717) is 19.9 Å². The minimum absolute atomic E-state index is 0.0825. The summed E-state index contributed by atoms with van der Waals surface area (Å²) < 4.78 is 5.07. The third-order valence-corrected chi connectivity index (χ3v) is 1.32. The second-order valence-electron chi connectivity index (χ2n) is 2.02. The van der Waals surface area contributed by atoms with Gasteiger partial charge >= 0.3 is 0 Å². The number of rotatable bonds is 5. The first kappa shape index (κ1) is 10.2. The summed E-state index contributed by atoms with van der Waals surface area (Å²) in [7, 11) is 0. The molecule has 0 radical (unpaired) electrons. The fraction of sp³-hybridized carbons (Fsp3) is 0.625. The SMILES string of the molecule is C=CC(=O)N(CC)COCC. The first-order valence-corrected chi connectivity index (χ1v) is 3.75. The number of hydrogen-bond acceptors (Lipinski definition) is 2. The van der Waals surface area contributed by atoms with Gasteiger partial charge in [-0.05, 0) is 19.9 Å². The highest BCUT2D eigenvalue weighted by Crippen LogP contribution is 1.90. The van der Waals surface area contributed by atoms with Gasteiger partial charge < -0.3 is 9.64 Å². The van der Waals surface area contributed by atoms with Gasteiger partial charge in [-0.2, -0.15) is 0 Å². The number of amides is 1. The summed E-state index contributed by atoms with van der Waals surface area (Å²) in [6, 6.07) is 0. The Balaban J connectivity index is 3.74. The summed E-state index contributed by atoms with van der Waals surface area (Å²) in [6.45, 7) is 8.83. The van der Waals surface area contributed by atoms with Crippen LogP contribution in [0.3, 0.4) is 0 Å². The second-order valence-corrected chi connectivity index (χ2v) is 2.02. The van der Waals surface area contributed by atoms with E-state index in [-0.39, 0.29) is 5.91 Å². The van der Waals surface area contributed by atoms with Crippen LogP contribution in [0.4, 0.5) is 0 Å². The molecule has 3 nitrogen and oxygen atoms in total. The number of likely N-dealkylation sites (N-methyl/N-ethyl adjacent to an activating group) is 1. The number of carbonyl (C=O) groups excluding carboxylic acids is 1. The molecule has 3 heteroatoms. The van der Waals surface area contributed by atoms with Gasteiger partial charge in [0.15, 0.2) is 0 Å². The van der Waals surface area contributed by atoms with E-state index in [9.17, 15) is 4.79 Å². The van der Waals surface area contributed by atoms with E-state index >= 15 is 0 Å². The Bertz CT molecular complexity index is 134. The molecular formula is C8H15NO2. The number of ether oxygens (including phenoxy) is 1. The molecule has 0 aliphatic heterocycles. The summed E-state index contributed by atoms with van der Waals surface area (Å²) in [4.78, 5) is 12.6. The van der Waals surface area contributed by atoms with Gasteiger partial charge in [0.25, 0.3) is 0 Å². The molecule has 1 amide bonds. The monoisotopic (exact) mass is 157 g/mol. The number of hydrogen-bond donors (Lipinski definition) is 0. The minimum atomic E-state index is -0.0825. The maximum absolute atomic E-state index is 11.0. The molecule has 0 N–H and O–H groups in total. The van der Waals surface area contributed by atoms with E-state index in [0.717, 1.165) is 0 Å². The average Bonchev–Trinajstić information content (AvgIpc) is 2.05. The molecule has 0 aliphatic carbocycles. The summed E-state index contributed by atoms with van der Waals surface area (Å²) >= 11 is 0. The zero-order valence-corrected chi connectivity index (χ0v) is 7.17. The van der Waals surface area contributed by atoms with Crippen molar-refractivity contribution < 1.29 is 9.53 Å².